The zero-order valence-corrected chi connectivity index (χ0v) is 13.3. The molecule has 1 N–H and O–H groups in total. The van der Waals surface area contributed by atoms with E-state index < -0.39 is 17.7 Å². The number of nitrogens with zero attached hydrogens (tertiary/aromatic N) is 1. The summed E-state index contributed by atoms with van der Waals surface area (Å²) < 4.78 is 5.32. The largest absolute Gasteiger partial charge is 0.442 e. The molecule has 2 amide bonds. The number of hydrogen-bond acceptors (Lipinski definition) is 4. The molecule has 0 radical (unpaired) electrons. The van der Waals surface area contributed by atoms with Gasteiger partial charge in [0.05, 0.1) is 6.04 Å². The second-order valence-electron chi connectivity index (χ2n) is 6.31. The van der Waals surface area contributed by atoms with Crippen LogP contribution in [0.5, 0.6) is 0 Å². The molecule has 2 atom stereocenters. The van der Waals surface area contributed by atoms with Crippen LogP contribution < -0.4 is 5.32 Å². The Morgan fingerprint density at radius 3 is 2.41 bits per heavy atom. The van der Waals surface area contributed by atoms with E-state index in [-0.39, 0.29) is 18.6 Å². The van der Waals surface area contributed by atoms with Crippen molar-refractivity contribution in [3.05, 3.63) is 35.9 Å². The molecule has 0 aliphatic carbocycles. The molecule has 1 saturated heterocycles. The van der Waals surface area contributed by atoms with Gasteiger partial charge in [-0.1, -0.05) is 30.3 Å². The zero-order valence-electron chi connectivity index (χ0n) is 13.3. The van der Waals surface area contributed by atoms with Gasteiger partial charge in [0.1, 0.15) is 12.2 Å². The average molecular weight is 306 g/mol. The summed E-state index contributed by atoms with van der Waals surface area (Å²) in [5.41, 5.74) is 0.248. The first-order chi connectivity index (χ1) is 10.3. The number of rotatable bonds is 4. The Morgan fingerprint density at radius 1 is 1.27 bits per heavy atom. The van der Waals surface area contributed by atoms with Gasteiger partial charge >= 0.3 is 6.09 Å². The van der Waals surface area contributed by atoms with Gasteiger partial charge < -0.3 is 10.1 Å². The number of carbonyl (C=O) groups excluding carboxylic acids is 2. The number of benzene rings is 1. The van der Waals surface area contributed by atoms with Crippen LogP contribution in [0.4, 0.5) is 4.79 Å². The number of carbonyl (C=O) groups is 2. The van der Waals surface area contributed by atoms with E-state index in [0.717, 1.165) is 10.6 Å². The molecule has 22 heavy (non-hydrogen) atoms. The Hall–Kier alpha value is -2.08. The van der Waals surface area contributed by atoms with Crippen LogP contribution in [0.1, 0.15) is 33.3 Å². The van der Waals surface area contributed by atoms with E-state index in [1.165, 1.54) is 0 Å². The first-order valence-corrected chi connectivity index (χ1v) is 7.27. The predicted molar refractivity (Wildman–Crippen MR) is 80.7 cm³/mol. The van der Waals surface area contributed by atoms with Crippen molar-refractivity contribution in [3.8, 4) is 0 Å². The zero-order chi connectivity index (χ0) is 16.3. The molecular formula is C16H22N2O4. The predicted octanol–water partition coefficient (Wildman–Crippen LogP) is 2.24. The maximum absolute atomic E-state index is 12.3. The summed E-state index contributed by atoms with van der Waals surface area (Å²) in [6.45, 7) is 7.31. The summed E-state index contributed by atoms with van der Waals surface area (Å²) >= 11 is 0. The minimum Gasteiger partial charge on any atom is -0.442 e. The molecule has 0 aromatic heterocycles. The molecule has 6 heteroatoms. The SMILES string of the molecule is CC1NC(=O)C1N(OCc1ccccc1)C(=O)OC(C)(C)C. The molecule has 1 heterocycles. The maximum Gasteiger partial charge on any atom is 0.435 e. The molecule has 0 saturated carbocycles. The molecule has 0 spiro atoms. The van der Waals surface area contributed by atoms with Crippen LogP contribution in [0.2, 0.25) is 0 Å². The fourth-order valence-electron chi connectivity index (χ4n) is 2.10. The molecule has 120 valence electrons. The van der Waals surface area contributed by atoms with Crippen LogP contribution >= 0.6 is 0 Å². The highest BCUT2D eigenvalue weighted by Gasteiger charge is 2.45. The van der Waals surface area contributed by atoms with Crippen molar-refractivity contribution < 1.29 is 19.2 Å². The van der Waals surface area contributed by atoms with Gasteiger partial charge in [-0.15, -0.1) is 0 Å². The lowest BCUT2D eigenvalue weighted by Gasteiger charge is -2.40. The van der Waals surface area contributed by atoms with Crippen LogP contribution in [0.3, 0.4) is 0 Å². The van der Waals surface area contributed by atoms with Gasteiger partial charge in [0.2, 0.25) is 5.91 Å². The summed E-state index contributed by atoms with van der Waals surface area (Å²) in [7, 11) is 0. The molecule has 2 rings (SSSR count). The van der Waals surface area contributed by atoms with Crippen molar-refractivity contribution in [2.75, 3.05) is 0 Å². The quantitative estimate of drug-likeness (QED) is 0.684. The number of nitrogens with one attached hydrogen (secondary N) is 1. The number of ether oxygens (including phenoxy) is 1. The molecule has 1 aliphatic rings. The normalized spacial score (nSPS) is 20.8. The van der Waals surface area contributed by atoms with Crippen molar-refractivity contribution in [3.63, 3.8) is 0 Å². The third-order valence-corrected chi connectivity index (χ3v) is 3.15. The Balaban J connectivity index is 2.08. The molecule has 1 aromatic rings. The fourth-order valence-corrected chi connectivity index (χ4v) is 2.10. The lowest BCUT2D eigenvalue weighted by atomic mass is 10.0. The van der Waals surface area contributed by atoms with Gasteiger partial charge in [0, 0.05) is 0 Å². The highest BCUT2D eigenvalue weighted by Crippen LogP contribution is 2.20. The second-order valence-corrected chi connectivity index (χ2v) is 6.31. The summed E-state index contributed by atoms with van der Waals surface area (Å²) in [4.78, 5) is 29.6. The summed E-state index contributed by atoms with van der Waals surface area (Å²) in [5.74, 6) is -0.244. The maximum atomic E-state index is 12.3. The summed E-state index contributed by atoms with van der Waals surface area (Å²) in [6, 6.07) is 8.60. The molecule has 1 aliphatic heterocycles. The van der Waals surface area contributed by atoms with E-state index in [9.17, 15) is 9.59 Å². The molecule has 1 fully saturated rings. The summed E-state index contributed by atoms with van der Waals surface area (Å²) in [6.07, 6.45) is -0.657. The molecule has 6 nitrogen and oxygen atoms in total. The van der Waals surface area contributed by atoms with Gasteiger partial charge in [-0.3, -0.25) is 9.63 Å². The van der Waals surface area contributed by atoms with Gasteiger partial charge in [-0.05, 0) is 33.3 Å². The number of amides is 2. The topological polar surface area (TPSA) is 67.9 Å². The highest BCUT2D eigenvalue weighted by atomic mass is 16.7. The molecule has 2 unspecified atom stereocenters. The van der Waals surface area contributed by atoms with Gasteiger partial charge in [-0.2, -0.15) is 5.06 Å². The van der Waals surface area contributed by atoms with Crippen LogP contribution in [-0.4, -0.2) is 34.7 Å². The molecule has 1 aromatic carbocycles. The van der Waals surface area contributed by atoms with Crippen LogP contribution in [-0.2, 0) is 21.0 Å². The van der Waals surface area contributed by atoms with Crippen LogP contribution in [0.25, 0.3) is 0 Å². The minimum absolute atomic E-state index is 0.171. The van der Waals surface area contributed by atoms with E-state index >= 15 is 0 Å². The smallest absolute Gasteiger partial charge is 0.435 e. The number of hydrogen-bond donors (Lipinski definition) is 1. The minimum atomic E-state index is -0.668. The lowest BCUT2D eigenvalue weighted by molar-refractivity contribution is -0.199. The van der Waals surface area contributed by atoms with E-state index in [4.69, 9.17) is 9.57 Å². The third-order valence-electron chi connectivity index (χ3n) is 3.15. The van der Waals surface area contributed by atoms with Crippen LogP contribution in [0.15, 0.2) is 30.3 Å². The van der Waals surface area contributed by atoms with E-state index in [2.05, 4.69) is 5.32 Å². The molecular weight excluding hydrogens is 284 g/mol. The standard InChI is InChI=1S/C16H22N2O4/c1-11-13(14(19)17-11)18(15(20)22-16(2,3)4)21-10-12-8-6-5-7-9-12/h5-9,11,13H,10H2,1-4H3,(H,17,19). The third kappa shape index (κ3) is 3.98. The van der Waals surface area contributed by atoms with E-state index in [0.29, 0.717) is 0 Å². The van der Waals surface area contributed by atoms with Crippen molar-refractivity contribution in [1.82, 2.24) is 10.4 Å². The van der Waals surface area contributed by atoms with Crippen molar-refractivity contribution >= 4 is 12.0 Å². The Kier molecular flexibility index (Phi) is 4.71. The van der Waals surface area contributed by atoms with Gasteiger partial charge in [-0.25, -0.2) is 4.79 Å². The van der Waals surface area contributed by atoms with E-state index in [1.54, 1.807) is 20.8 Å². The van der Waals surface area contributed by atoms with Crippen molar-refractivity contribution in [1.29, 1.82) is 0 Å². The highest BCUT2D eigenvalue weighted by molar-refractivity contribution is 5.91. The van der Waals surface area contributed by atoms with Crippen molar-refractivity contribution in [2.24, 2.45) is 0 Å². The summed E-state index contributed by atoms with van der Waals surface area (Å²) in [5, 5.41) is 3.73. The lowest BCUT2D eigenvalue weighted by Crippen LogP contribution is -2.69. The Morgan fingerprint density at radius 2 is 1.91 bits per heavy atom. The first kappa shape index (κ1) is 16.3. The fraction of sp³-hybridized carbons (Fsp3) is 0.500. The van der Waals surface area contributed by atoms with Gasteiger partial charge in [0.15, 0.2) is 6.04 Å². The first-order valence-electron chi connectivity index (χ1n) is 7.27. The van der Waals surface area contributed by atoms with Crippen molar-refractivity contribution in [2.45, 2.75) is 52.0 Å². The average Bonchev–Trinajstić information content (AvgIpc) is 2.42. The van der Waals surface area contributed by atoms with Gasteiger partial charge in [0.25, 0.3) is 0 Å². The monoisotopic (exact) mass is 306 g/mol. The molecule has 0 bridgehead atoms. The number of β-lactam (4-membered cyclic amide) rings is 1. The van der Waals surface area contributed by atoms with Crippen LogP contribution in [0, 0.1) is 0 Å². The number of hydroxylamine groups is 2. The van der Waals surface area contributed by atoms with E-state index in [1.807, 2.05) is 37.3 Å². The second kappa shape index (κ2) is 6.36. The Labute approximate surface area is 130 Å². The Bertz CT molecular complexity index is 539.